The molecule has 2 heteroatoms. The molecule has 2 atom stereocenters. The molecule has 0 bridgehead atoms. The van der Waals surface area contributed by atoms with Gasteiger partial charge in [-0.2, -0.15) is 0 Å². The summed E-state index contributed by atoms with van der Waals surface area (Å²) in [5, 5.41) is 3.74. The molecule has 0 spiro atoms. The van der Waals surface area contributed by atoms with Crippen LogP contribution in [0.15, 0.2) is 0 Å². The summed E-state index contributed by atoms with van der Waals surface area (Å²) in [6.45, 7) is 11.6. The van der Waals surface area contributed by atoms with E-state index < -0.39 is 0 Å². The van der Waals surface area contributed by atoms with Crippen LogP contribution in [0.5, 0.6) is 0 Å². The Hall–Kier alpha value is -0.0800. The van der Waals surface area contributed by atoms with Crippen molar-refractivity contribution in [3.05, 3.63) is 0 Å². The second-order valence-corrected chi connectivity index (χ2v) is 6.51. The molecule has 0 heterocycles. The molecule has 102 valence electrons. The number of hydrogen-bond donors (Lipinski definition) is 1. The first-order chi connectivity index (χ1) is 7.95. The number of nitrogens with one attached hydrogen (secondary N) is 1. The summed E-state index contributed by atoms with van der Waals surface area (Å²) in [6.07, 6.45) is 6.81. The molecule has 17 heavy (non-hydrogen) atoms. The molecule has 1 N–H and O–H groups in total. The molecule has 0 aromatic rings. The summed E-state index contributed by atoms with van der Waals surface area (Å²) in [6, 6.07) is 0.775. The summed E-state index contributed by atoms with van der Waals surface area (Å²) in [5.74, 6) is 0.922. The van der Waals surface area contributed by atoms with Crippen molar-refractivity contribution >= 4 is 0 Å². The summed E-state index contributed by atoms with van der Waals surface area (Å²) in [7, 11) is 2.24. The first-order valence-corrected chi connectivity index (χ1v) is 7.40. The van der Waals surface area contributed by atoms with Crippen molar-refractivity contribution < 1.29 is 0 Å². The minimum absolute atomic E-state index is 0.335. The van der Waals surface area contributed by atoms with E-state index >= 15 is 0 Å². The zero-order valence-electron chi connectivity index (χ0n) is 12.6. The summed E-state index contributed by atoms with van der Waals surface area (Å²) in [5.41, 5.74) is 0.335. The molecule has 1 rings (SSSR count). The summed E-state index contributed by atoms with van der Waals surface area (Å²) >= 11 is 0. The van der Waals surface area contributed by atoms with Crippen molar-refractivity contribution in [3.8, 4) is 0 Å². The van der Waals surface area contributed by atoms with Crippen molar-refractivity contribution in [2.75, 3.05) is 20.1 Å². The van der Waals surface area contributed by atoms with Crippen LogP contribution in [0.25, 0.3) is 0 Å². The van der Waals surface area contributed by atoms with Crippen LogP contribution in [0, 0.1) is 5.92 Å². The zero-order chi connectivity index (χ0) is 12.9. The van der Waals surface area contributed by atoms with Gasteiger partial charge in [-0.3, -0.25) is 4.90 Å². The molecule has 2 unspecified atom stereocenters. The van der Waals surface area contributed by atoms with Crippen LogP contribution in [0.3, 0.4) is 0 Å². The molecule has 1 aliphatic rings. The molecule has 0 radical (unpaired) electrons. The van der Waals surface area contributed by atoms with Gasteiger partial charge in [0, 0.05) is 24.7 Å². The Morgan fingerprint density at radius 2 is 2.00 bits per heavy atom. The van der Waals surface area contributed by atoms with Gasteiger partial charge in [-0.25, -0.2) is 0 Å². The standard InChI is InChI=1S/C15H32N2/c1-6-15(3,4)17(5)11-10-16-14-9-7-8-13(2)12-14/h13-14,16H,6-12H2,1-5H3. The van der Waals surface area contributed by atoms with E-state index in [-0.39, 0.29) is 0 Å². The Balaban J connectivity index is 2.19. The number of hydrogen-bond acceptors (Lipinski definition) is 2. The lowest BCUT2D eigenvalue weighted by Crippen LogP contribution is -2.45. The molecule has 2 nitrogen and oxygen atoms in total. The molecule has 0 aromatic heterocycles. The smallest absolute Gasteiger partial charge is 0.0148 e. The van der Waals surface area contributed by atoms with Gasteiger partial charge in [-0.1, -0.05) is 26.7 Å². The van der Waals surface area contributed by atoms with Gasteiger partial charge in [0.15, 0.2) is 0 Å². The maximum atomic E-state index is 3.74. The van der Waals surface area contributed by atoms with Crippen molar-refractivity contribution in [2.45, 2.75) is 71.4 Å². The lowest BCUT2D eigenvalue weighted by molar-refractivity contribution is 0.148. The molecule has 0 amide bonds. The fourth-order valence-electron chi connectivity index (χ4n) is 2.63. The largest absolute Gasteiger partial charge is 0.313 e. The average Bonchev–Trinajstić information content (AvgIpc) is 2.29. The van der Waals surface area contributed by atoms with E-state index in [0.717, 1.165) is 25.0 Å². The first-order valence-electron chi connectivity index (χ1n) is 7.40. The van der Waals surface area contributed by atoms with E-state index in [9.17, 15) is 0 Å². The molecule has 1 fully saturated rings. The van der Waals surface area contributed by atoms with Gasteiger partial charge in [0.05, 0.1) is 0 Å². The van der Waals surface area contributed by atoms with Crippen LogP contribution in [-0.4, -0.2) is 36.6 Å². The van der Waals surface area contributed by atoms with Gasteiger partial charge < -0.3 is 5.32 Å². The van der Waals surface area contributed by atoms with Crippen molar-refractivity contribution in [3.63, 3.8) is 0 Å². The summed E-state index contributed by atoms with van der Waals surface area (Å²) in [4.78, 5) is 2.48. The Labute approximate surface area is 108 Å². The van der Waals surface area contributed by atoms with Gasteiger partial charge in [0.1, 0.15) is 0 Å². The van der Waals surface area contributed by atoms with E-state index in [1.807, 2.05) is 0 Å². The number of rotatable bonds is 6. The maximum Gasteiger partial charge on any atom is 0.0148 e. The van der Waals surface area contributed by atoms with Crippen LogP contribution in [-0.2, 0) is 0 Å². The predicted octanol–water partition coefficient (Wildman–Crippen LogP) is 3.28. The number of nitrogens with zero attached hydrogens (tertiary/aromatic N) is 1. The topological polar surface area (TPSA) is 15.3 Å². The Kier molecular flexibility index (Phi) is 5.94. The van der Waals surface area contributed by atoms with Crippen LogP contribution in [0.2, 0.25) is 0 Å². The van der Waals surface area contributed by atoms with Gasteiger partial charge >= 0.3 is 0 Å². The molecular formula is C15H32N2. The fraction of sp³-hybridized carbons (Fsp3) is 1.00. The monoisotopic (exact) mass is 240 g/mol. The molecule has 1 aliphatic carbocycles. The molecule has 0 aromatic carbocycles. The second-order valence-electron chi connectivity index (χ2n) is 6.51. The maximum absolute atomic E-state index is 3.74. The lowest BCUT2D eigenvalue weighted by atomic mass is 9.87. The van der Waals surface area contributed by atoms with Gasteiger partial charge in [-0.05, 0) is 46.1 Å². The molecule has 0 aliphatic heterocycles. The SMILES string of the molecule is CCC(C)(C)N(C)CCNC1CCCC(C)C1. The number of likely N-dealkylation sites (N-methyl/N-ethyl adjacent to an activating group) is 1. The normalized spacial score (nSPS) is 26.5. The van der Waals surface area contributed by atoms with Gasteiger partial charge in [0.2, 0.25) is 0 Å². The third kappa shape index (κ3) is 4.97. The first kappa shape index (κ1) is 15.0. The minimum atomic E-state index is 0.335. The summed E-state index contributed by atoms with van der Waals surface area (Å²) < 4.78 is 0. The van der Waals surface area contributed by atoms with Crippen LogP contribution in [0.4, 0.5) is 0 Å². The molecular weight excluding hydrogens is 208 g/mol. The third-order valence-corrected chi connectivity index (χ3v) is 4.72. The molecule has 1 saturated carbocycles. The zero-order valence-corrected chi connectivity index (χ0v) is 12.6. The highest BCUT2D eigenvalue weighted by Crippen LogP contribution is 2.23. The Morgan fingerprint density at radius 3 is 2.59 bits per heavy atom. The van der Waals surface area contributed by atoms with E-state index in [4.69, 9.17) is 0 Å². The lowest BCUT2D eigenvalue weighted by Gasteiger charge is -2.35. The van der Waals surface area contributed by atoms with Crippen LogP contribution in [0.1, 0.15) is 59.8 Å². The van der Waals surface area contributed by atoms with E-state index in [1.165, 1.54) is 32.1 Å². The Morgan fingerprint density at radius 1 is 1.29 bits per heavy atom. The van der Waals surface area contributed by atoms with E-state index in [1.54, 1.807) is 0 Å². The van der Waals surface area contributed by atoms with Crippen LogP contribution < -0.4 is 5.32 Å². The average molecular weight is 240 g/mol. The predicted molar refractivity (Wildman–Crippen MR) is 76.4 cm³/mol. The highest BCUT2D eigenvalue weighted by molar-refractivity contribution is 4.79. The van der Waals surface area contributed by atoms with E-state index in [2.05, 4.69) is 45.0 Å². The van der Waals surface area contributed by atoms with E-state index in [0.29, 0.717) is 5.54 Å². The van der Waals surface area contributed by atoms with Crippen molar-refractivity contribution in [1.29, 1.82) is 0 Å². The van der Waals surface area contributed by atoms with Gasteiger partial charge in [-0.15, -0.1) is 0 Å². The fourth-order valence-corrected chi connectivity index (χ4v) is 2.63. The Bertz CT molecular complexity index is 213. The van der Waals surface area contributed by atoms with Crippen LogP contribution >= 0.6 is 0 Å². The highest BCUT2D eigenvalue weighted by Gasteiger charge is 2.21. The minimum Gasteiger partial charge on any atom is -0.313 e. The molecule has 0 saturated heterocycles. The van der Waals surface area contributed by atoms with Gasteiger partial charge in [0.25, 0.3) is 0 Å². The van der Waals surface area contributed by atoms with Crippen molar-refractivity contribution in [2.24, 2.45) is 5.92 Å². The quantitative estimate of drug-likeness (QED) is 0.766. The second kappa shape index (κ2) is 6.75. The third-order valence-electron chi connectivity index (χ3n) is 4.72. The van der Waals surface area contributed by atoms with Crippen molar-refractivity contribution in [1.82, 2.24) is 10.2 Å². The highest BCUT2D eigenvalue weighted by atomic mass is 15.2.